The number of carbonyl (C=O) groups excluding carboxylic acids is 2. The first-order valence-electron chi connectivity index (χ1n) is 7.42. The van der Waals surface area contributed by atoms with Crippen LogP contribution in [-0.4, -0.2) is 32.7 Å². The Kier molecular flexibility index (Phi) is 5.16. The van der Waals surface area contributed by atoms with Crippen LogP contribution in [0.4, 0.5) is 5.69 Å². The Morgan fingerprint density at radius 1 is 1.16 bits per heavy atom. The summed E-state index contributed by atoms with van der Waals surface area (Å²) < 4.78 is 0.355. The average Bonchev–Trinajstić information content (AvgIpc) is 2.85. The first-order valence-corrected chi connectivity index (χ1v) is 8.65. The summed E-state index contributed by atoms with van der Waals surface area (Å²) in [5.74, 6) is -0.524. The third kappa shape index (κ3) is 4.26. The number of aromatic hydroxyl groups is 1. The highest BCUT2D eigenvalue weighted by atomic mass is 32.2. The Hall–Kier alpha value is -2.64. The van der Waals surface area contributed by atoms with Crippen molar-refractivity contribution < 1.29 is 14.7 Å². The van der Waals surface area contributed by atoms with Crippen molar-refractivity contribution in [1.29, 1.82) is 0 Å². The SMILES string of the molecule is O=C(CN1C(=O)C(=Cc2ccccc2)SC1=S)Nc1ccc(O)cc1. The molecule has 0 bridgehead atoms. The number of carbonyl (C=O) groups is 2. The number of hydrogen-bond donors (Lipinski definition) is 2. The molecule has 1 aliphatic heterocycles. The van der Waals surface area contributed by atoms with Crippen molar-refractivity contribution in [2.24, 2.45) is 0 Å². The number of thioether (sulfide) groups is 1. The van der Waals surface area contributed by atoms with Gasteiger partial charge < -0.3 is 10.4 Å². The highest BCUT2D eigenvalue weighted by Crippen LogP contribution is 2.32. The maximum atomic E-state index is 12.5. The van der Waals surface area contributed by atoms with Crippen LogP contribution in [-0.2, 0) is 9.59 Å². The standard InChI is InChI=1S/C18H14N2O3S2/c21-14-8-6-13(7-9-14)19-16(22)11-20-17(23)15(25-18(20)24)10-12-4-2-1-3-5-12/h1-10,21H,11H2,(H,19,22). The number of anilines is 1. The van der Waals surface area contributed by atoms with Gasteiger partial charge in [0, 0.05) is 5.69 Å². The lowest BCUT2D eigenvalue weighted by Gasteiger charge is -2.14. The molecule has 5 nitrogen and oxygen atoms in total. The molecule has 0 radical (unpaired) electrons. The minimum Gasteiger partial charge on any atom is -0.508 e. The second-order valence-electron chi connectivity index (χ2n) is 5.27. The summed E-state index contributed by atoms with van der Waals surface area (Å²) in [6.45, 7) is -0.155. The van der Waals surface area contributed by atoms with Crippen LogP contribution < -0.4 is 5.32 Å². The van der Waals surface area contributed by atoms with Crippen LogP contribution in [0.3, 0.4) is 0 Å². The van der Waals surface area contributed by atoms with E-state index in [-0.39, 0.29) is 24.1 Å². The van der Waals surface area contributed by atoms with E-state index in [0.29, 0.717) is 14.9 Å². The van der Waals surface area contributed by atoms with E-state index in [1.807, 2.05) is 30.3 Å². The van der Waals surface area contributed by atoms with Crippen molar-refractivity contribution in [3.63, 3.8) is 0 Å². The lowest BCUT2D eigenvalue weighted by Crippen LogP contribution is -2.36. The topological polar surface area (TPSA) is 69.6 Å². The first-order chi connectivity index (χ1) is 12.0. The van der Waals surface area contributed by atoms with Gasteiger partial charge in [-0.25, -0.2) is 0 Å². The van der Waals surface area contributed by atoms with Crippen molar-refractivity contribution >= 4 is 51.9 Å². The molecule has 2 amide bonds. The van der Waals surface area contributed by atoms with Crippen molar-refractivity contribution in [3.8, 4) is 5.75 Å². The molecule has 25 heavy (non-hydrogen) atoms. The zero-order valence-corrected chi connectivity index (χ0v) is 14.6. The molecule has 0 saturated carbocycles. The normalized spacial score (nSPS) is 15.7. The van der Waals surface area contributed by atoms with Crippen molar-refractivity contribution in [1.82, 2.24) is 4.90 Å². The first kappa shape index (κ1) is 17.2. The van der Waals surface area contributed by atoms with Crippen molar-refractivity contribution in [2.45, 2.75) is 0 Å². The van der Waals surface area contributed by atoms with E-state index in [1.165, 1.54) is 28.8 Å². The molecule has 1 heterocycles. The molecule has 2 aromatic carbocycles. The maximum absolute atomic E-state index is 12.5. The molecule has 0 spiro atoms. The third-order valence-electron chi connectivity index (χ3n) is 3.42. The molecule has 3 rings (SSSR count). The van der Waals surface area contributed by atoms with E-state index in [0.717, 1.165) is 5.56 Å². The Morgan fingerprint density at radius 3 is 2.52 bits per heavy atom. The van der Waals surface area contributed by atoms with Crippen LogP contribution in [0, 0.1) is 0 Å². The molecule has 2 N–H and O–H groups in total. The number of hydrogen-bond acceptors (Lipinski definition) is 5. The summed E-state index contributed by atoms with van der Waals surface area (Å²) in [5, 5.41) is 11.9. The quantitative estimate of drug-likeness (QED) is 0.491. The number of benzene rings is 2. The molecule has 0 aromatic heterocycles. The lowest BCUT2D eigenvalue weighted by atomic mass is 10.2. The number of phenolic OH excluding ortho intramolecular Hbond substituents is 1. The zero-order valence-electron chi connectivity index (χ0n) is 13.0. The monoisotopic (exact) mass is 370 g/mol. The largest absolute Gasteiger partial charge is 0.508 e. The Bertz CT molecular complexity index is 848. The van der Waals surface area contributed by atoms with Gasteiger partial charge in [0.05, 0.1) is 4.91 Å². The second kappa shape index (κ2) is 7.50. The van der Waals surface area contributed by atoms with E-state index in [9.17, 15) is 14.7 Å². The van der Waals surface area contributed by atoms with Gasteiger partial charge in [-0.2, -0.15) is 0 Å². The molecule has 0 atom stereocenters. The molecular weight excluding hydrogens is 356 g/mol. The smallest absolute Gasteiger partial charge is 0.266 e. The summed E-state index contributed by atoms with van der Waals surface area (Å²) in [6.07, 6.45) is 1.76. The number of nitrogens with zero attached hydrogens (tertiary/aromatic N) is 1. The number of nitrogens with one attached hydrogen (secondary N) is 1. The van der Waals surface area contributed by atoms with Gasteiger partial charge in [-0.3, -0.25) is 14.5 Å². The van der Waals surface area contributed by atoms with Crippen molar-refractivity contribution in [2.75, 3.05) is 11.9 Å². The molecular formula is C18H14N2O3S2. The van der Waals surface area contributed by atoms with Gasteiger partial charge >= 0.3 is 0 Å². The molecule has 1 fully saturated rings. The van der Waals surface area contributed by atoms with Crippen LogP contribution in [0.2, 0.25) is 0 Å². The fraction of sp³-hybridized carbons (Fsp3) is 0.0556. The van der Waals surface area contributed by atoms with E-state index < -0.39 is 0 Å². The van der Waals surface area contributed by atoms with Crippen LogP contribution in [0.15, 0.2) is 59.5 Å². The highest BCUT2D eigenvalue weighted by Gasteiger charge is 2.33. The average molecular weight is 370 g/mol. The van der Waals surface area contributed by atoms with Gasteiger partial charge in [-0.15, -0.1) is 0 Å². The van der Waals surface area contributed by atoms with Gasteiger partial charge in [0.1, 0.15) is 16.6 Å². The predicted octanol–water partition coefficient (Wildman–Crippen LogP) is 3.23. The maximum Gasteiger partial charge on any atom is 0.266 e. The Labute approximate surface area is 154 Å². The van der Waals surface area contributed by atoms with Crippen LogP contribution in [0.5, 0.6) is 5.75 Å². The summed E-state index contributed by atoms with van der Waals surface area (Å²) in [5.41, 5.74) is 1.43. The third-order valence-corrected chi connectivity index (χ3v) is 4.80. The fourth-order valence-corrected chi connectivity index (χ4v) is 3.48. The van der Waals surface area contributed by atoms with Crippen LogP contribution in [0.25, 0.3) is 6.08 Å². The second-order valence-corrected chi connectivity index (χ2v) is 6.95. The van der Waals surface area contributed by atoms with Gasteiger partial charge in [0.2, 0.25) is 5.91 Å². The number of rotatable bonds is 4. The number of thiocarbonyl (C=S) groups is 1. The Morgan fingerprint density at radius 2 is 1.84 bits per heavy atom. The van der Waals surface area contributed by atoms with Gasteiger partial charge in [-0.05, 0) is 35.9 Å². The number of amides is 2. The molecule has 0 unspecified atom stereocenters. The predicted molar refractivity (Wildman–Crippen MR) is 103 cm³/mol. The summed E-state index contributed by atoms with van der Waals surface area (Å²) in [4.78, 5) is 26.4. The minimum absolute atomic E-state index is 0.112. The van der Waals surface area contributed by atoms with Crippen LogP contribution in [0.1, 0.15) is 5.56 Å². The molecule has 1 aliphatic rings. The van der Waals surface area contributed by atoms with Gasteiger partial charge in [0.15, 0.2) is 0 Å². The minimum atomic E-state index is -0.358. The molecule has 2 aromatic rings. The van der Waals surface area contributed by atoms with Gasteiger partial charge in [0.25, 0.3) is 5.91 Å². The van der Waals surface area contributed by atoms with E-state index in [1.54, 1.807) is 18.2 Å². The summed E-state index contributed by atoms with van der Waals surface area (Å²) in [6, 6.07) is 15.6. The van der Waals surface area contributed by atoms with Crippen LogP contribution >= 0.6 is 24.0 Å². The van der Waals surface area contributed by atoms with E-state index in [4.69, 9.17) is 12.2 Å². The van der Waals surface area contributed by atoms with E-state index >= 15 is 0 Å². The van der Waals surface area contributed by atoms with E-state index in [2.05, 4.69) is 5.32 Å². The Balaban J connectivity index is 1.67. The molecule has 7 heteroatoms. The highest BCUT2D eigenvalue weighted by molar-refractivity contribution is 8.26. The fourth-order valence-electron chi connectivity index (χ4n) is 2.23. The van der Waals surface area contributed by atoms with Gasteiger partial charge in [-0.1, -0.05) is 54.3 Å². The lowest BCUT2D eigenvalue weighted by molar-refractivity contribution is -0.126. The molecule has 0 aliphatic carbocycles. The zero-order chi connectivity index (χ0) is 17.8. The molecule has 126 valence electrons. The summed E-state index contributed by atoms with van der Waals surface area (Å²) in [7, 11) is 0. The summed E-state index contributed by atoms with van der Waals surface area (Å²) >= 11 is 6.41. The number of phenols is 1. The molecule has 1 saturated heterocycles. The van der Waals surface area contributed by atoms with Crippen molar-refractivity contribution in [3.05, 3.63) is 65.1 Å².